The van der Waals surface area contributed by atoms with Crippen LogP contribution in [0, 0.1) is 0 Å². The van der Waals surface area contributed by atoms with Gasteiger partial charge in [0, 0.05) is 17.1 Å². The Balaban J connectivity index is 2.23. The SMILES string of the molecule is CCc1cnc(CNC(=O)CNC(C)CC)s1. The van der Waals surface area contributed by atoms with E-state index in [1.165, 1.54) is 4.88 Å². The monoisotopic (exact) mass is 255 g/mol. The number of carbonyl (C=O) groups is 1. The number of hydrogen-bond donors (Lipinski definition) is 2. The highest BCUT2D eigenvalue weighted by Gasteiger charge is 2.05. The summed E-state index contributed by atoms with van der Waals surface area (Å²) in [6, 6.07) is 0.382. The van der Waals surface area contributed by atoms with E-state index in [-0.39, 0.29) is 5.91 Å². The van der Waals surface area contributed by atoms with Crippen molar-refractivity contribution in [3.63, 3.8) is 0 Å². The van der Waals surface area contributed by atoms with E-state index < -0.39 is 0 Å². The average molecular weight is 255 g/mol. The highest BCUT2D eigenvalue weighted by atomic mass is 32.1. The van der Waals surface area contributed by atoms with Crippen LogP contribution in [-0.2, 0) is 17.8 Å². The zero-order valence-corrected chi connectivity index (χ0v) is 11.6. The maximum absolute atomic E-state index is 11.5. The molecule has 0 aromatic carbocycles. The first kappa shape index (κ1) is 14.1. The van der Waals surface area contributed by atoms with Crippen molar-refractivity contribution in [1.82, 2.24) is 15.6 Å². The van der Waals surface area contributed by atoms with Gasteiger partial charge in [0.2, 0.25) is 5.91 Å². The largest absolute Gasteiger partial charge is 0.348 e. The third kappa shape index (κ3) is 5.28. The van der Waals surface area contributed by atoms with E-state index in [9.17, 15) is 4.79 Å². The van der Waals surface area contributed by atoms with Crippen LogP contribution in [0.1, 0.15) is 37.1 Å². The molecule has 1 aromatic heterocycles. The third-order valence-electron chi connectivity index (χ3n) is 2.61. The van der Waals surface area contributed by atoms with Crippen molar-refractivity contribution in [3.8, 4) is 0 Å². The van der Waals surface area contributed by atoms with Crippen LogP contribution >= 0.6 is 11.3 Å². The number of rotatable bonds is 7. The summed E-state index contributed by atoms with van der Waals surface area (Å²) in [5.74, 6) is 0.0264. The lowest BCUT2D eigenvalue weighted by Gasteiger charge is -2.10. The number of amides is 1. The van der Waals surface area contributed by atoms with Gasteiger partial charge in [-0.05, 0) is 19.8 Å². The molecule has 1 rings (SSSR count). The van der Waals surface area contributed by atoms with E-state index in [0.717, 1.165) is 17.8 Å². The van der Waals surface area contributed by atoms with Gasteiger partial charge in [-0.3, -0.25) is 4.79 Å². The normalized spacial score (nSPS) is 12.4. The number of thiazole rings is 1. The van der Waals surface area contributed by atoms with Crippen LogP contribution in [0.4, 0.5) is 0 Å². The fourth-order valence-corrected chi connectivity index (χ4v) is 2.04. The molecule has 0 bridgehead atoms. The highest BCUT2D eigenvalue weighted by molar-refractivity contribution is 7.11. The van der Waals surface area contributed by atoms with Crippen LogP contribution in [0.5, 0.6) is 0 Å². The summed E-state index contributed by atoms with van der Waals surface area (Å²) in [5, 5.41) is 6.99. The number of aryl methyl sites for hydroxylation is 1. The van der Waals surface area contributed by atoms with Gasteiger partial charge in [0.25, 0.3) is 0 Å². The highest BCUT2D eigenvalue weighted by Crippen LogP contribution is 2.12. The molecule has 0 aliphatic heterocycles. The van der Waals surface area contributed by atoms with Gasteiger partial charge in [0.15, 0.2) is 0 Å². The van der Waals surface area contributed by atoms with Crippen LogP contribution < -0.4 is 10.6 Å². The van der Waals surface area contributed by atoms with Crippen LogP contribution in [0.3, 0.4) is 0 Å². The Kier molecular flexibility index (Phi) is 6.15. The minimum Gasteiger partial charge on any atom is -0.348 e. The van der Waals surface area contributed by atoms with Crippen molar-refractivity contribution in [2.75, 3.05) is 6.54 Å². The summed E-state index contributed by atoms with van der Waals surface area (Å²) in [6.07, 6.45) is 3.91. The number of nitrogens with one attached hydrogen (secondary N) is 2. The van der Waals surface area contributed by atoms with Gasteiger partial charge >= 0.3 is 0 Å². The topological polar surface area (TPSA) is 54.0 Å². The second kappa shape index (κ2) is 7.40. The molecular formula is C12H21N3OS. The zero-order chi connectivity index (χ0) is 12.7. The van der Waals surface area contributed by atoms with Crippen LogP contribution in [-0.4, -0.2) is 23.5 Å². The lowest BCUT2D eigenvalue weighted by atomic mass is 10.2. The van der Waals surface area contributed by atoms with Gasteiger partial charge in [0.1, 0.15) is 5.01 Å². The second-order valence-electron chi connectivity index (χ2n) is 4.04. The first-order valence-electron chi connectivity index (χ1n) is 6.09. The predicted octanol–water partition coefficient (Wildman–Crippen LogP) is 1.71. The molecule has 1 amide bonds. The standard InChI is InChI=1S/C12H21N3OS/c1-4-9(3)13-7-11(16)14-8-12-15-6-10(5-2)17-12/h6,9,13H,4-5,7-8H2,1-3H3,(H,14,16). The Labute approximate surface area is 107 Å². The molecule has 0 saturated carbocycles. The van der Waals surface area contributed by atoms with E-state index in [2.05, 4.69) is 36.4 Å². The minimum absolute atomic E-state index is 0.0264. The molecule has 0 aliphatic rings. The van der Waals surface area contributed by atoms with E-state index in [1.54, 1.807) is 11.3 Å². The molecule has 17 heavy (non-hydrogen) atoms. The van der Waals surface area contributed by atoms with Crippen molar-refractivity contribution < 1.29 is 4.79 Å². The van der Waals surface area contributed by atoms with Crippen LogP contribution in [0.2, 0.25) is 0 Å². The Hall–Kier alpha value is -0.940. The quantitative estimate of drug-likeness (QED) is 0.780. The summed E-state index contributed by atoms with van der Waals surface area (Å²) < 4.78 is 0. The molecule has 4 nitrogen and oxygen atoms in total. The first-order valence-corrected chi connectivity index (χ1v) is 6.91. The van der Waals surface area contributed by atoms with Gasteiger partial charge < -0.3 is 10.6 Å². The van der Waals surface area contributed by atoms with Crippen molar-refractivity contribution in [1.29, 1.82) is 0 Å². The van der Waals surface area contributed by atoms with Gasteiger partial charge in [-0.1, -0.05) is 13.8 Å². The summed E-state index contributed by atoms with van der Waals surface area (Å²) in [6.45, 7) is 7.18. The van der Waals surface area contributed by atoms with E-state index >= 15 is 0 Å². The predicted molar refractivity (Wildman–Crippen MR) is 71.1 cm³/mol. The lowest BCUT2D eigenvalue weighted by Crippen LogP contribution is -2.37. The fraction of sp³-hybridized carbons (Fsp3) is 0.667. The van der Waals surface area contributed by atoms with E-state index in [1.807, 2.05) is 6.20 Å². The average Bonchev–Trinajstić information content (AvgIpc) is 2.81. The summed E-state index contributed by atoms with van der Waals surface area (Å²) >= 11 is 1.66. The summed E-state index contributed by atoms with van der Waals surface area (Å²) in [5.41, 5.74) is 0. The van der Waals surface area contributed by atoms with Crippen molar-refractivity contribution in [2.24, 2.45) is 0 Å². The molecule has 0 spiro atoms. The third-order valence-corrected chi connectivity index (χ3v) is 3.75. The molecule has 1 aromatic rings. The van der Waals surface area contributed by atoms with Crippen molar-refractivity contribution in [3.05, 3.63) is 16.1 Å². The fourth-order valence-electron chi connectivity index (χ4n) is 1.24. The van der Waals surface area contributed by atoms with E-state index in [0.29, 0.717) is 19.1 Å². The molecular weight excluding hydrogens is 234 g/mol. The molecule has 0 saturated heterocycles. The Morgan fingerprint density at radius 1 is 1.53 bits per heavy atom. The van der Waals surface area contributed by atoms with Crippen molar-refractivity contribution in [2.45, 2.75) is 46.2 Å². The van der Waals surface area contributed by atoms with Gasteiger partial charge in [-0.25, -0.2) is 4.98 Å². The molecule has 5 heteroatoms. The molecule has 1 unspecified atom stereocenters. The Morgan fingerprint density at radius 2 is 2.29 bits per heavy atom. The van der Waals surface area contributed by atoms with Crippen LogP contribution in [0.25, 0.3) is 0 Å². The van der Waals surface area contributed by atoms with Crippen molar-refractivity contribution >= 4 is 17.2 Å². The van der Waals surface area contributed by atoms with E-state index in [4.69, 9.17) is 0 Å². The molecule has 1 heterocycles. The zero-order valence-electron chi connectivity index (χ0n) is 10.7. The Morgan fingerprint density at radius 3 is 2.88 bits per heavy atom. The molecule has 0 radical (unpaired) electrons. The smallest absolute Gasteiger partial charge is 0.234 e. The molecule has 2 N–H and O–H groups in total. The van der Waals surface area contributed by atoms with Crippen LogP contribution in [0.15, 0.2) is 6.20 Å². The number of hydrogen-bond acceptors (Lipinski definition) is 4. The summed E-state index contributed by atoms with van der Waals surface area (Å²) in [7, 11) is 0. The second-order valence-corrected chi connectivity index (χ2v) is 5.24. The maximum Gasteiger partial charge on any atom is 0.234 e. The molecule has 0 aliphatic carbocycles. The van der Waals surface area contributed by atoms with Gasteiger partial charge in [-0.15, -0.1) is 11.3 Å². The molecule has 96 valence electrons. The Bertz CT molecular complexity index is 351. The minimum atomic E-state index is 0.0264. The number of carbonyl (C=O) groups excluding carboxylic acids is 1. The number of aromatic nitrogens is 1. The number of nitrogens with zero attached hydrogens (tertiary/aromatic N) is 1. The van der Waals surface area contributed by atoms with Gasteiger partial charge in [0.05, 0.1) is 13.1 Å². The lowest BCUT2D eigenvalue weighted by molar-refractivity contribution is -0.120. The molecule has 0 fully saturated rings. The summed E-state index contributed by atoms with van der Waals surface area (Å²) in [4.78, 5) is 17.0. The van der Waals surface area contributed by atoms with Gasteiger partial charge in [-0.2, -0.15) is 0 Å². The maximum atomic E-state index is 11.5. The first-order chi connectivity index (χ1) is 8.15. The molecule has 1 atom stereocenters.